The van der Waals surface area contributed by atoms with Crippen molar-refractivity contribution in [3.8, 4) is 17.8 Å². The molecule has 3 heterocycles. The number of carbonyl (C=O) groups is 1. The van der Waals surface area contributed by atoms with Crippen molar-refractivity contribution in [2.75, 3.05) is 0 Å². The van der Waals surface area contributed by atoms with Gasteiger partial charge < -0.3 is 19.8 Å². The maximum atomic E-state index is 12.4. The first-order valence-electron chi connectivity index (χ1n) is 8.06. The minimum atomic E-state index is -0.0642. The third-order valence-electron chi connectivity index (χ3n) is 4.64. The van der Waals surface area contributed by atoms with Gasteiger partial charge in [0.15, 0.2) is 0 Å². The van der Waals surface area contributed by atoms with Gasteiger partial charge >= 0.3 is 0 Å². The van der Waals surface area contributed by atoms with Gasteiger partial charge in [-0.3, -0.25) is 4.79 Å². The van der Waals surface area contributed by atoms with Gasteiger partial charge in [-0.15, -0.1) is 0 Å². The molecule has 4 rings (SSSR count). The van der Waals surface area contributed by atoms with E-state index in [9.17, 15) is 4.79 Å². The van der Waals surface area contributed by atoms with Crippen molar-refractivity contribution >= 4 is 5.91 Å². The second-order valence-corrected chi connectivity index (χ2v) is 6.22. The highest BCUT2D eigenvalue weighted by molar-refractivity contribution is 5.94. The lowest BCUT2D eigenvalue weighted by Gasteiger charge is -2.21. The maximum Gasteiger partial charge on any atom is 0.291 e. The van der Waals surface area contributed by atoms with Crippen LogP contribution in [0.15, 0.2) is 40.8 Å². The highest BCUT2D eigenvalue weighted by Gasteiger charge is 2.39. The van der Waals surface area contributed by atoms with E-state index in [1.54, 1.807) is 36.4 Å². The van der Waals surface area contributed by atoms with Crippen molar-refractivity contribution in [2.24, 2.45) is 0 Å². The molecular weight excluding hydrogens is 306 g/mol. The molecule has 0 aliphatic carbocycles. The van der Waals surface area contributed by atoms with Crippen LogP contribution < -0.4 is 15.4 Å². The minimum Gasteiger partial charge on any atom is -0.426 e. The minimum absolute atomic E-state index is 0.0642. The van der Waals surface area contributed by atoms with Gasteiger partial charge in [-0.25, -0.2) is 0 Å². The van der Waals surface area contributed by atoms with Crippen LogP contribution in [-0.2, 0) is 0 Å². The Morgan fingerprint density at radius 2 is 2.08 bits per heavy atom. The summed E-state index contributed by atoms with van der Waals surface area (Å²) < 4.78 is 10.7. The highest BCUT2D eigenvalue weighted by Crippen LogP contribution is 2.28. The van der Waals surface area contributed by atoms with E-state index in [0.717, 1.165) is 12.8 Å². The number of carbonyl (C=O) groups excluding carboxylic acids is 1. The van der Waals surface area contributed by atoms with Crippen LogP contribution >= 0.6 is 0 Å². The Kier molecular flexibility index (Phi) is 3.71. The first-order chi connectivity index (χ1) is 11.7. The highest BCUT2D eigenvalue weighted by atomic mass is 16.6. The van der Waals surface area contributed by atoms with E-state index in [1.165, 1.54) is 6.42 Å². The van der Waals surface area contributed by atoms with Gasteiger partial charge in [0.25, 0.3) is 11.9 Å². The van der Waals surface area contributed by atoms with Crippen molar-refractivity contribution in [3.05, 3.63) is 47.7 Å². The van der Waals surface area contributed by atoms with E-state index >= 15 is 0 Å². The quantitative estimate of drug-likeness (QED) is 0.903. The number of nitriles is 1. The Labute approximate surface area is 139 Å². The molecule has 2 aromatic rings. The van der Waals surface area contributed by atoms with E-state index < -0.39 is 0 Å². The second kappa shape index (κ2) is 6.02. The van der Waals surface area contributed by atoms with Gasteiger partial charge in [-0.2, -0.15) is 5.26 Å². The molecule has 6 nitrogen and oxygen atoms in total. The van der Waals surface area contributed by atoms with Gasteiger partial charge in [-0.1, -0.05) is 0 Å². The Hall–Kier alpha value is -2.78. The number of nitrogens with one attached hydrogen (secondary N) is 2. The smallest absolute Gasteiger partial charge is 0.291 e. The van der Waals surface area contributed by atoms with Crippen LogP contribution in [0.1, 0.15) is 35.4 Å². The summed E-state index contributed by atoms with van der Waals surface area (Å²) in [6, 6.07) is 13.1. The average Bonchev–Trinajstić information content (AvgIpc) is 3.32. The third-order valence-corrected chi connectivity index (χ3v) is 4.64. The van der Waals surface area contributed by atoms with Crippen molar-refractivity contribution in [3.63, 3.8) is 0 Å². The zero-order valence-electron chi connectivity index (χ0n) is 13.0. The molecule has 0 saturated carbocycles. The molecule has 6 heteroatoms. The van der Waals surface area contributed by atoms with Crippen molar-refractivity contribution in [2.45, 2.75) is 37.4 Å². The molecule has 2 N–H and O–H groups in total. The molecule has 1 amide bonds. The normalized spacial score (nSPS) is 24.5. The molecule has 2 aliphatic rings. The molecule has 3 unspecified atom stereocenters. The van der Waals surface area contributed by atoms with Crippen molar-refractivity contribution in [1.82, 2.24) is 10.6 Å². The molecule has 1 aromatic heterocycles. The van der Waals surface area contributed by atoms with Crippen LogP contribution in [0.3, 0.4) is 0 Å². The van der Waals surface area contributed by atoms with E-state index in [4.69, 9.17) is 14.4 Å². The number of benzene rings is 1. The SMILES string of the molecule is N#Cc1ccc(Oc2ccc(C(=O)NC3CC4CCC3N4)cc2)o1. The lowest BCUT2D eigenvalue weighted by atomic mass is 9.95. The molecule has 2 bridgehead atoms. The molecule has 24 heavy (non-hydrogen) atoms. The summed E-state index contributed by atoms with van der Waals surface area (Å²) in [5, 5.41) is 15.3. The van der Waals surface area contributed by atoms with Gasteiger partial charge in [0.2, 0.25) is 5.76 Å². The largest absolute Gasteiger partial charge is 0.426 e. The fourth-order valence-corrected chi connectivity index (χ4v) is 3.46. The number of amides is 1. The molecule has 0 spiro atoms. The molecule has 2 saturated heterocycles. The number of rotatable bonds is 4. The molecule has 2 aliphatic heterocycles. The summed E-state index contributed by atoms with van der Waals surface area (Å²) in [5.74, 6) is 0.926. The van der Waals surface area contributed by atoms with Crippen LogP contribution in [0, 0.1) is 11.3 Å². The fraction of sp³-hybridized carbons (Fsp3) is 0.333. The summed E-state index contributed by atoms with van der Waals surface area (Å²) in [6.45, 7) is 0. The fourth-order valence-electron chi connectivity index (χ4n) is 3.46. The number of fused-ring (bicyclic) bond motifs is 2. The summed E-state index contributed by atoms with van der Waals surface area (Å²) >= 11 is 0. The summed E-state index contributed by atoms with van der Waals surface area (Å²) in [5.41, 5.74) is 0.599. The molecular formula is C18H17N3O3. The number of ether oxygens (including phenoxy) is 1. The maximum absolute atomic E-state index is 12.4. The van der Waals surface area contributed by atoms with Crippen LogP contribution in [0.2, 0.25) is 0 Å². The Balaban J connectivity index is 1.38. The van der Waals surface area contributed by atoms with Gasteiger partial charge in [-0.05, 0) is 49.6 Å². The van der Waals surface area contributed by atoms with E-state index in [0.29, 0.717) is 23.4 Å². The Bertz CT molecular complexity index is 791. The zero-order valence-corrected chi connectivity index (χ0v) is 13.0. The third kappa shape index (κ3) is 2.86. The zero-order chi connectivity index (χ0) is 16.5. The summed E-state index contributed by atoms with van der Waals surface area (Å²) in [6.07, 6.45) is 3.36. The Morgan fingerprint density at radius 3 is 2.71 bits per heavy atom. The van der Waals surface area contributed by atoms with Gasteiger partial charge in [0.1, 0.15) is 11.8 Å². The lowest BCUT2D eigenvalue weighted by molar-refractivity contribution is 0.0931. The van der Waals surface area contributed by atoms with Crippen LogP contribution in [0.4, 0.5) is 0 Å². The van der Waals surface area contributed by atoms with Crippen LogP contribution in [-0.4, -0.2) is 24.0 Å². The molecule has 1 aromatic carbocycles. The first-order valence-corrected chi connectivity index (χ1v) is 8.06. The number of furan rings is 1. The van der Waals surface area contributed by atoms with Crippen molar-refractivity contribution in [1.29, 1.82) is 5.26 Å². The number of nitrogens with zero attached hydrogens (tertiary/aromatic N) is 1. The van der Waals surface area contributed by atoms with Crippen molar-refractivity contribution < 1.29 is 13.9 Å². The molecule has 3 atom stereocenters. The Morgan fingerprint density at radius 1 is 1.25 bits per heavy atom. The monoisotopic (exact) mass is 323 g/mol. The molecule has 0 radical (unpaired) electrons. The molecule has 122 valence electrons. The summed E-state index contributed by atoms with van der Waals surface area (Å²) in [4.78, 5) is 12.4. The average molecular weight is 323 g/mol. The number of hydrogen-bond donors (Lipinski definition) is 2. The number of hydrogen-bond acceptors (Lipinski definition) is 5. The van der Waals surface area contributed by atoms with Gasteiger partial charge in [0, 0.05) is 29.8 Å². The van der Waals surface area contributed by atoms with Crippen LogP contribution in [0.25, 0.3) is 0 Å². The van der Waals surface area contributed by atoms with Crippen LogP contribution in [0.5, 0.6) is 11.7 Å². The predicted octanol–water partition coefficient (Wildman–Crippen LogP) is 2.57. The second-order valence-electron chi connectivity index (χ2n) is 6.22. The molecule has 2 fully saturated rings. The lowest BCUT2D eigenvalue weighted by Crippen LogP contribution is -2.42. The van der Waals surface area contributed by atoms with E-state index in [2.05, 4.69) is 10.6 Å². The first kappa shape index (κ1) is 14.8. The van der Waals surface area contributed by atoms with E-state index in [1.807, 2.05) is 6.07 Å². The standard InChI is InChI=1S/C18H17N3O3/c19-10-14-6-8-17(24-14)23-13-4-1-11(2-5-13)18(22)21-16-9-12-3-7-15(16)20-12/h1-2,4-6,8,12,15-16,20H,3,7,9H2,(H,21,22). The van der Waals surface area contributed by atoms with Gasteiger partial charge in [0.05, 0.1) is 0 Å². The predicted molar refractivity (Wildman–Crippen MR) is 85.8 cm³/mol. The summed E-state index contributed by atoms with van der Waals surface area (Å²) in [7, 11) is 0. The van der Waals surface area contributed by atoms with E-state index in [-0.39, 0.29) is 23.7 Å². The topological polar surface area (TPSA) is 87.3 Å².